The van der Waals surface area contributed by atoms with Gasteiger partial charge in [-0.1, -0.05) is 18.2 Å². The average molecular weight is 188 g/mol. The minimum atomic E-state index is -0.518. The van der Waals surface area contributed by atoms with E-state index >= 15 is 0 Å². The van der Waals surface area contributed by atoms with Gasteiger partial charge in [0.2, 0.25) is 5.82 Å². The van der Waals surface area contributed by atoms with E-state index in [1.807, 2.05) is 24.3 Å². The number of para-hydroxylation sites is 1. The van der Waals surface area contributed by atoms with Crippen molar-refractivity contribution in [1.29, 1.82) is 0 Å². The van der Waals surface area contributed by atoms with Gasteiger partial charge in [-0.05, 0) is 6.07 Å². The zero-order valence-corrected chi connectivity index (χ0v) is 7.60. The van der Waals surface area contributed by atoms with Crippen LogP contribution in [0, 0.1) is 0 Å². The fourth-order valence-electron chi connectivity index (χ4n) is 1.16. The number of ether oxygens (including phenoxy) is 1. The highest BCUT2D eigenvalue weighted by atomic mass is 16.5. The molecular formula is C10H8N2O2. The number of esters is 1. The summed E-state index contributed by atoms with van der Waals surface area (Å²) >= 11 is 0. The molecule has 0 radical (unpaired) electrons. The van der Waals surface area contributed by atoms with Gasteiger partial charge in [0, 0.05) is 11.6 Å². The van der Waals surface area contributed by atoms with Crippen molar-refractivity contribution in [3.63, 3.8) is 0 Å². The Morgan fingerprint density at radius 1 is 1.36 bits per heavy atom. The average Bonchev–Trinajstić information content (AvgIpc) is 2.27. The smallest absolute Gasteiger partial charge is 0.376 e. The highest BCUT2D eigenvalue weighted by molar-refractivity contribution is 5.88. The number of carbonyl (C=O) groups excluding carboxylic acids is 1. The lowest BCUT2D eigenvalue weighted by molar-refractivity contribution is 0.0587. The fraction of sp³-hybridized carbons (Fsp3) is 0.100. The Labute approximate surface area is 80.6 Å². The number of carbonyl (C=O) groups is 1. The number of fused-ring (bicyclic) bond motifs is 1. The van der Waals surface area contributed by atoms with Crippen molar-refractivity contribution in [3.8, 4) is 0 Å². The van der Waals surface area contributed by atoms with Crippen LogP contribution in [-0.2, 0) is 4.74 Å². The molecule has 0 atom stereocenters. The molecule has 4 nitrogen and oxygen atoms in total. The molecule has 70 valence electrons. The van der Waals surface area contributed by atoms with Crippen molar-refractivity contribution in [3.05, 3.63) is 36.3 Å². The van der Waals surface area contributed by atoms with Crippen LogP contribution in [0.2, 0.25) is 0 Å². The Balaban J connectivity index is 2.56. The van der Waals surface area contributed by atoms with E-state index in [2.05, 4.69) is 14.7 Å². The van der Waals surface area contributed by atoms with Crippen molar-refractivity contribution >= 4 is 16.9 Å². The summed E-state index contributed by atoms with van der Waals surface area (Å²) in [5.41, 5.74) is 0.739. The third kappa shape index (κ3) is 1.42. The van der Waals surface area contributed by atoms with Crippen molar-refractivity contribution in [2.75, 3.05) is 7.11 Å². The van der Waals surface area contributed by atoms with E-state index < -0.39 is 5.97 Å². The second-order valence-electron chi connectivity index (χ2n) is 2.74. The SMILES string of the molecule is COC(=O)c1ncc2ccccc2n1. The highest BCUT2D eigenvalue weighted by Crippen LogP contribution is 2.09. The monoisotopic (exact) mass is 188 g/mol. The van der Waals surface area contributed by atoms with E-state index in [9.17, 15) is 4.79 Å². The van der Waals surface area contributed by atoms with Gasteiger partial charge in [0.1, 0.15) is 0 Å². The van der Waals surface area contributed by atoms with Crippen molar-refractivity contribution in [1.82, 2.24) is 9.97 Å². The van der Waals surface area contributed by atoms with Crippen LogP contribution in [0.5, 0.6) is 0 Å². The van der Waals surface area contributed by atoms with Gasteiger partial charge in [-0.2, -0.15) is 0 Å². The number of nitrogens with zero attached hydrogens (tertiary/aromatic N) is 2. The van der Waals surface area contributed by atoms with Gasteiger partial charge in [-0.25, -0.2) is 14.8 Å². The Kier molecular flexibility index (Phi) is 2.10. The van der Waals surface area contributed by atoms with Crippen LogP contribution >= 0.6 is 0 Å². The third-order valence-corrected chi connectivity index (χ3v) is 1.86. The summed E-state index contributed by atoms with van der Waals surface area (Å²) in [6.45, 7) is 0. The van der Waals surface area contributed by atoms with Gasteiger partial charge < -0.3 is 4.74 Å². The van der Waals surface area contributed by atoms with Crippen LogP contribution in [0.3, 0.4) is 0 Å². The molecule has 0 N–H and O–H groups in total. The molecule has 0 amide bonds. The second kappa shape index (κ2) is 3.41. The summed E-state index contributed by atoms with van der Waals surface area (Å²) in [7, 11) is 1.31. The van der Waals surface area contributed by atoms with Gasteiger partial charge in [0.05, 0.1) is 12.6 Å². The highest BCUT2D eigenvalue weighted by Gasteiger charge is 2.08. The number of hydrogen-bond donors (Lipinski definition) is 0. The summed E-state index contributed by atoms with van der Waals surface area (Å²) < 4.78 is 4.52. The molecule has 0 bridgehead atoms. The maximum absolute atomic E-state index is 11.1. The van der Waals surface area contributed by atoms with E-state index in [4.69, 9.17) is 0 Å². The summed E-state index contributed by atoms with van der Waals surface area (Å²) in [6, 6.07) is 7.46. The second-order valence-corrected chi connectivity index (χ2v) is 2.74. The number of aromatic nitrogens is 2. The summed E-state index contributed by atoms with van der Waals surface area (Å²) in [5, 5.41) is 0.903. The zero-order valence-electron chi connectivity index (χ0n) is 7.60. The Bertz CT molecular complexity index is 482. The maximum atomic E-state index is 11.1. The first-order valence-electron chi connectivity index (χ1n) is 4.11. The molecule has 14 heavy (non-hydrogen) atoms. The van der Waals surface area contributed by atoms with Crippen LogP contribution in [0.25, 0.3) is 10.9 Å². The minimum Gasteiger partial charge on any atom is -0.463 e. The van der Waals surface area contributed by atoms with Gasteiger partial charge in [-0.3, -0.25) is 0 Å². The predicted octanol–water partition coefficient (Wildman–Crippen LogP) is 1.42. The van der Waals surface area contributed by atoms with E-state index in [0.717, 1.165) is 10.9 Å². The standard InChI is InChI=1S/C10H8N2O2/c1-14-10(13)9-11-6-7-4-2-3-5-8(7)12-9/h2-6H,1H3. The molecular weight excluding hydrogens is 180 g/mol. The normalized spacial score (nSPS) is 10.1. The van der Waals surface area contributed by atoms with Crippen LogP contribution in [0.15, 0.2) is 30.5 Å². The lowest BCUT2D eigenvalue weighted by Crippen LogP contribution is -2.06. The topological polar surface area (TPSA) is 52.1 Å². The summed E-state index contributed by atoms with van der Waals surface area (Å²) in [6.07, 6.45) is 1.61. The van der Waals surface area contributed by atoms with Crippen LogP contribution in [-0.4, -0.2) is 23.0 Å². The Morgan fingerprint density at radius 2 is 2.14 bits per heavy atom. The molecule has 2 aromatic rings. The van der Waals surface area contributed by atoms with Gasteiger partial charge >= 0.3 is 5.97 Å². The lowest BCUT2D eigenvalue weighted by atomic mass is 10.2. The number of rotatable bonds is 1. The van der Waals surface area contributed by atoms with Crippen molar-refractivity contribution in [2.24, 2.45) is 0 Å². The van der Waals surface area contributed by atoms with E-state index in [1.54, 1.807) is 6.20 Å². The van der Waals surface area contributed by atoms with E-state index in [1.165, 1.54) is 7.11 Å². The van der Waals surface area contributed by atoms with Gasteiger partial charge in [0.15, 0.2) is 0 Å². The first kappa shape index (κ1) is 8.62. The molecule has 4 heteroatoms. The van der Waals surface area contributed by atoms with E-state index in [0.29, 0.717) is 0 Å². The van der Waals surface area contributed by atoms with Crippen molar-refractivity contribution in [2.45, 2.75) is 0 Å². The molecule has 0 unspecified atom stereocenters. The molecule has 1 aromatic heterocycles. The molecule has 0 spiro atoms. The van der Waals surface area contributed by atoms with Gasteiger partial charge in [0.25, 0.3) is 0 Å². The quantitative estimate of drug-likeness (QED) is 0.635. The number of methoxy groups -OCH3 is 1. The molecule has 0 saturated heterocycles. The molecule has 0 aliphatic carbocycles. The first-order valence-corrected chi connectivity index (χ1v) is 4.11. The lowest BCUT2D eigenvalue weighted by Gasteiger charge is -1.99. The molecule has 0 saturated carbocycles. The van der Waals surface area contributed by atoms with Crippen LogP contribution in [0.1, 0.15) is 10.6 Å². The Morgan fingerprint density at radius 3 is 2.93 bits per heavy atom. The fourth-order valence-corrected chi connectivity index (χ4v) is 1.16. The maximum Gasteiger partial charge on any atom is 0.376 e. The van der Waals surface area contributed by atoms with Gasteiger partial charge in [-0.15, -0.1) is 0 Å². The molecule has 1 aromatic carbocycles. The molecule has 0 aliphatic heterocycles. The minimum absolute atomic E-state index is 0.0891. The molecule has 0 aliphatic rings. The summed E-state index contributed by atoms with van der Waals surface area (Å²) in [5.74, 6) is -0.429. The molecule has 1 heterocycles. The number of hydrogen-bond acceptors (Lipinski definition) is 4. The third-order valence-electron chi connectivity index (χ3n) is 1.86. The largest absolute Gasteiger partial charge is 0.463 e. The molecule has 0 fully saturated rings. The van der Waals surface area contributed by atoms with Crippen LogP contribution in [0.4, 0.5) is 0 Å². The number of benzene rings is 1. The summed E-state index contributed by atoms with van der Waals surface area (Å²) in [4.78, 5) is 19.1. The zero-order chi connectivity index (χ0) is 9.97. The molecule has 2 rings (SSSR count). The van der Waals surface area contributed by atoms with Crippen LogP contribution < -0.4 is 0 Å². The predicted molar refractivity (Wildman–Crippen MR) is 50.9 cm³/mol. The van der Waals surface area contributed by atoms with E-state index in [-0.39, 0.29) is 5.82 Å². The Hall–Kier alpha value is -1.97. The first-order chi connectivity index (χ1) is 6.81. The van der Waals surface area contributed by atoms with Crippen molar-refractivity contribution < 1.29 is 9.53 Å².